The van der Waals surface area contributed by atoms with Crippen LogP contribution in [0.2, 0.25) is 0 Å². The minimum Gasteiger partial charge on any atom is -0.492 e. The van der Waals surface area contributed by atoms with Crippen LogP contribution in [0.5, 0.6) is 5.75 Å². The highest BCUT2D eigenvalue weighted by molar-refractivity contribution is 7.89. The molecule has 0 atom stereocenters. The third kappa shape index (κ3) is 4.13. The summed E-state index contributed by atoms with van der Waals surface area (Å²) in [6.45, 7) is 6.63. The van der Waals surface area contributed by atoms with Crippen molar-refractivity contribution in [2.24, 2.45) is 11.3 Å². The van der Waals surface area contributed by atoms with Gasteiger partial charge >= 0.3 is 0 Å². The molecule has 2 aromatic rings. The van der Waals surface area contributed by atoms with E-state index in [0.29, 0.717) is 38.5 Å². The molecule has 0 bridgehead atoms. The van der Waals surface area contributed by atoms with Crippen molar-refractivity contribution in [2.75, 3.05) is 32.8 Å². The highest BCUT2D eigenvalue weighted by atomic mass is 32.2. The molecule has 0 unspecified atom stereocenters. The van der Waals surface area contributed by atoms with Crippen molar-refractivity contribution in [2.45, 2.75) is 31.6 Å². The lowest BCUT2D eigenvalue weighted by molar-refractivity contribution is 0.0293. The topological polar surface area (TPSA) is 66.9 Å². The minimum absolute atomic E-state index is 0.0589. The van der Waals surface area contributed by atoms with Crippen molar-refractivity contribution >= 4 is 27.3 Å². The number of piperidine rings is 1. The normalized spacial score (nSPS) is 21.0. The van der Waals surface area contributed by atoms with Gasteiger partial charge in [-0.05, 0) is 42.3 Å². The average molecular weight is 449 g/mol. The van der Waals surface area contributed by atoms with Crippen LogP contribution in [0.15, 0.2) is 46.7 Å². The molecule has 8 heteroatoms. The maximum Gasteiger partial charge on any atom is 0.263 e. The third-order valence-electron chi connectivity index (χ3n) is 5.92. The fourth-order valence-corrected chi connectivity index (χ4v) is 6.81. The Hall–Kier alpha value is -1.90. The Morgan fingerprint density at radius 2 is 1.90 bits per heavy atom. The summed E-state index contributed by atoms with van der Waals surface area (Å²) in [6.07, 6.45) is 1.44. The van der Waals surface area contributed by atoms with Gasteiger partial charge in [0.15, 0.2) is 0 Å². The number of sulfonamides is 1. The van der Waals surface area contributed by atoms with Gasteiger partial charge in [-0.1, -0.05) is 32.0 Å². The van der Waals surface area contributed by atoms with Gasteiger partial charge in [0, 0.05) is 31.6 Å². The fraction of sp³-hybridized carbons (Fsp3) is 0.500. The number of hydrogen-bond acceptors (Lipinski definition) is 5. The number of likely N-dealkylation sites (tertiary alicyclic amines) is 1. The molecule has 1 spiro atoms. The summed E-state index contributed by atoms with van der Waals surface area (Å²) < 4.78 is 34.6. The SMILES string of the molecule is CC(C)CN1CC2(CCN(C(=O)c3cccs3)CC2)COc2ccccc2S1(=O)=O. The third-order valence-corrected chi connectivity index (χ3v) is 8.63. The number of amides is 1. The van der Waals surface area contributed by atoms with Gasteiger partial charge in [-0.25, -0.2) is 8.42 Å². The Bertz CT molecular complexity index is 994. The van der Waals surface area contributed by atoms with Gasteiger partial charge in [-0.3, -0.25) is 4.79 Å². The molecular weight excluding hydrogens is 420 g/mol. The molecule has 2 aliphatic heterocycles. The average Bonchev–Trinajstić information content (AvgIpc) is 3.26. The number of nitrogens with zero attached hydrogens (tertiary/aromatic N) is 2. The second kappa shape index (κ2) is 8.32. The molecule has 3 heterocycles. The van der Waals surface area contributed by atoms with Gasteiger partial charge in [0.1, 0.15) is 10.6 Å². The van der Waals surface area contributed by atoms with Crippen molar-refractivity contribution in [3.05, 3.63) is 46.7 Å². The van der Waals surface area contributed by atoms with Crippen molar-refractivity contribution < 1.29 is 17.9 Å². The summed E-state index contributed by atoms with van der Waals surface area (Å²) >= 11 is 1.45. The quantitative estimate of drug-likeness (QED) is 0.718. The smallest absolute Gasteiger partial charge is 0.263 e. The zero-order chi connectivity index (χ0) is 21.4. The van der Waals surface area contributed by atoms with Gasteiger partial charge in [-0.15, -0.1) is 11.3 Å². The predicted molar refractivity (Wildman–Crippen MR) is 117 cm³/mol. The van der Waals surface area contributed by atoms with E-state index < -0.39 is 10.0 Å². The van der Waals surface area contributed by atoms with E-state index in [-0.39, 0.29) is 22.1 Å². The molecule has 30 heavy (non-hydrogen) atoms. The molecule has 162 valence electrons. The number of rotatable bonds is 3. The first-order valence-electron chi connectivity index (χ1n) is 10.4. The zero-order valence-electron chi connectivity index (χ0n) is 17.4. The van der Waals surface area contributed by atoms with Crippen LogP contribution in [0, 0.1) is 11.3 Å². The van der Waals surface area contributed by atoms with Crippen LogP contribution in [-0.2, 0) is 10.0 Å². The molecule has 1 aromatic carbocycles. The van der Waals surface area contributed by atoms with E-state index in [1.807, 2.05) is 36.3 Å². The van der Waals surface area contributed by atoms with E-state index in [2.05, 4.69) is 0 Å². The number of carbonyl (C=O) groups excluding carboxylic acids is 1. The molecular formula is C22H28N2O4S2. The number of benzene rings is 1. The molecule has 0 saturated carbocycles. The molecule has 1 amide bonds. The van der Waals surface area contributed by atoms with Gasteiger partial charge in [0.05, 0.1) is 11.5 Å². The van der Waals surface area contributed by atoms with E-state index in [9.17, 15) is 13.2 Å². The Labute approximate surface area is 182 Å². The van der Waals surface area contributed by atoms with Crippen LogP contribution in [0.3, 0.4) is 0 Å². The van der Waals surface area contributed by atoms with Crippen LogP contribution in [0.4, 0.5) is 0 Å². The molecule has 1 saturated heterocycles. The first kappa shape index (κ1) is 21.3. The molecule has 2 aliphatic rings. The molecule has 6 nitrogen and oxygen atoms in total. The van der Waals surface area contributed by atoms with E-state index in [4.69, 9.17) is 4.74 Å². The van der Waals surface area contributed by atoms with E-state index in [1.165, 1.54) is 11.3 Å². The van der Waals surface area contributed by atoms with Crippen molar-refractivity contribution in [1.29, 1.82) is 0 Å². The second-order valence-electron chi connectivity index (χ2n) is 8.70. The first-order chi connectivity index (χ1) is 14.3. The van der Waals surface area contributed by atoms with Gasteiger partial charge in [-0.2, -0.15) is 4.31 Å². The van der Waals surface area contributed by atoms with Crippen LogP contribution in [0.25, 0.3) is 0 Å². The Morgan fingerprint density at radius 3 is 2.57 bits per heavy atom. The number of fused-ring (bicyclic) bond motifs is 1. The van der Waals surface area contributed by atoms with Crippen molar-refractivity contribution in [1.82, 2.24) is 9.21 Å². The highest BCUT2D eigenvalue weighted by Gasteiger charge is 2.43. The zero-order valence-corrected chi connectivity index (χ0v) is 19.0. The lowest BCUT2D eigenvalue weighted by atomic mass is 9.78. The molecule has 0 N–H and O–H groups in total. The standard InChI is InChI=1S/C22H28N2O4S2/c1-17(2)14-24-15-22(16-28-18-6-3-4-8-20(18)30(24,26)27)9-11-23(12-10-22)21(25)19-7-5-13-29-19/h3-8,13,17H,9-12,14-16H2,1-2H3. The predicted octanol–water partition coefficient (Wildman–Crippen LogP) is 3.71. The summed E-state index contributed by atoms with van der Waals surface area (Å²) in [6, 6.07) is 10.6. The lowest BCUT2D eigenvalue weighted by Gasteiger charge is -2.45. The monoisotopic (exact) mass is 448 g/mol. The maximum absolute atomic E-state index is 13.4. The first-order valence-corrected chi connectivity index (χ1v) is 12.7. The van der Waals surface area contributed by atoms with E-state index in [1.54, 1.807) is 28.6 Å². The molecule has 1 fully saturated rings. The maximum atomic E-state index is 13.4. The fourth-order valence-electron chi connectivity index (χ4n) is 4.27. The van der Waals surface area contributed by atoms with Gasteiger partial charge in [0.2, 0.25) is 10.0 Å². The molecule has 0 radical (unpaired) electrons. The summed E-state index contributed by atoms with van der Waals surface area (Å²) in [4.78, 5) is 15.6. The summed E-state index contributed by atoms with van der Waals surface area (Å²) in [5.41, 5.74) is -0.304. The molecule has 4 rings (SSSR count). The van der Waals surface area contributed by atoms with Crippen LogP contribution < -0.4 is 4.74 Å². The van der Waals surface area contributed by atoms with Crippen LogP contribution in [0.1, 0.15) is 36.4 Å². The number of ether oxygens (including phenoxy) is 1. The number of hydrogen-bond donors (Lipinski definition) is 0. The van der Waals surface area contributed by atoms with Crippen molar-refractivity contribution in [3.8, 4) is 5.75 Å². The van der Waals surface area contributed by atoms with Crippen LogP contribution >= 0.6 is 11.3 Å². The number of carbonyl (C=O) groups is 1. The highest BCUT2D eigenvalue weighted by Crippen LogP contribution is 2.39. The van der Waals surface area contributed by atoms with Gasteiger partial charge < -0.3 is 9.64 Å². The van der Waals surface area contributed by atoms with Gasteiger partial charge in [0.25, 0.3) is 5.91 Å². The van der Waals surface area contributed by atoms with E-state index >= 15 is 0 Å². The van der Waals surface area contributed by atoms with E-state index in [0.717, 1.165) is 17.7 Å². The Morgan fingerprint density at radius 1 is 1.17 bits per heavy atom. The number of thiophene rings is 1. The minimum atomic E-state index is -3.65. The van der Waals surface area contributed by atoms with Crippen molar-refractivity contribution in [3.63, 3.8) is 0 Å². The lowest BCUT2D eigenvalue weighted by Crippen LogP contribution is -2.53. The number of para-hydroxylation sites is 1. The molecule has 1 aromatic heterocycles. The largest absolute Gasteiger partial charge is 0.492 e. The second-order valence-corrected chi connectivity index (χ2v) is 11.6. The molecule has 0 aliphatic carbocycles. The summed E-state index contributed by atoms with van der Waals surface area (Å²) in [5.74, 6) is 0.691. The van der Waals surface area contributed by atoms with Crippen LogP contribution in [-0.4, -0.2) is 56.3 Å². The Balaban J connectivity index is 1.60. The summed E-state index contributed by atoms with van der Waals surface area (Å²) in [5, 5.41) is 1.91. The summed E-state index contributed by atoms with van der Waals surface area (Å²) in [7, 11) is -3.65. The Kier molecular flexibility index (Phi) is 5.92.